The maximum absolute atomic E-state index is 11.8. The minimum Gasteiger partial charge on any atom is -0.391 e. The Hall–Kier alpha value is -0.610. The van der Waals surface area contributed by atoms with Crippen molar-refractivity contribution in [3.8, 4) is 0 Å². The average Bonchev–Trinajstić information content (AvgIpc) is 3.09. The van der Waals surface area contributed by atoms with Gasteiger partial charge in [0, 0.05) is 18.5 Å². The molecule has 4 N–H and O–H groups in total. The fourth-order valence-electron chi connectivity index (χ4n) is 2.46. The molecule has 0 aromatic heterocycles. The molecule has 3 unspecified atom stereocenters. The zero-order valence-electron chi connectivity index (χ0n) is 9.69. The molecule has 0 aromatic rings. The third-order valence-corrected chi connectivity index (χ3v) is 3.74. The number of carbonyl (C=O) groups excluding carboxylic acids is 1. The molecule has 2 aliphatic rings. The Kier molecular flexibility index (Phi) is 3.82. The van der Waals surface area contributed by atoms with Gasteiger partial charge in [0.15, 0.2) is 0 Å². The highest BCUT2D eigenvalue weighted by Crippen LogP contribution is 2.32. The third-order valence-electron chi connectivity index (χ3n) is 3.74. The van der Waals surface area contributed by atoms with E-state index in [9.17, 15) is 9.90 Å². The molecule has 0 aliphatic heterocycles. The summed E-state index contributed by atoms with van der Waals surface area (Å²) < 4.78 is 0. The molecule has 3 atom stereocenters. The van der Waals surface area contributed by atoms with Gasteiger partial charge in [-0.25, -0.2) is 0 Å². The van der Waals surface area contributed by atoms with Crippen LogP contribution in [-0.2, 0) is 4.79 Å². The summed E-state index contributed by atoms with van der Waals surface area (Å²) in [5.41, 5.74) is 5.85. The molecule has 16 heavy (non-hydrogen) atoms. The predicted molar refractivity (Wildman–Crippen MR) is 61.7 cm³/mol. The van der Waals surface area contributed by atoms with Crippen molar-refractivity contribution in [3.63, 3.8) is 0 Å². The van der Waals surface area contributed by atoms with E-state index < -0.39 is 0 Å². The lowest BCUT2D eigenvalue weighted by Crippen LogP contribution is -2.40. The van der Waals surface area contributed by atoms with Crippen molar-refractivity contribution in [1.82, 2.24) is 5.32 Å². The summed E-state index contributed by atoms with van der Waals surface area (Å²) in [5.74, 6) is 0.568. The molecule has 92 valence electrons. The van der Waals surface area contributed by atoms with Gasteiger partial charge in [-0.2, -0.15) is 0 Å². The monoisotopic (exact) mass is 226 g/mol. The number of rotatable bonds is 4. The molecule has 4 heteroatoms. The number of nitrogens with two attached hydrogens (primary N) is 1. The molecular formula is C12H22N2O2. The lowest BCUT2D eigenvalue weighted by Gasteiger charge is -2.26. The maximum Gasteiger partial charge on any atom is 0.223 e. The molecule has 0 saturated heterocycles. The van der Waals surface area contributed by atoms with Crippen LogP contribution in [0.1, 0.15) is 38.5 Å². The zero-order chi connectivity index (χ0) is 11.5. The Morgan fingerprint density at radius 1 is 1.38 bits per heavy atom. The van der Waals surface area contributed by atoms with E-state index >= 15 is 0 Å². The summed E-state index contributed by atoms with van der Waals surface area (Å²) in [7, 11) is 0. The molecule has 4 nitrogen and oxygen atoms in total. The lowest BCUT2D eigenvalue weighted by molar-refractivity contribution is -0.126. The summed E-state index contributed by atoms with van der Waals surface area (Å²) in [6.07, 6.45) is 5.68. The van der Waals surface area contributed by atoms with Crippen LogP contribution in [0.15, 0.2) is 0 Å². The minimum atomic E-state index is -0.346. The number of aliphatic hydroxyl groups excluding tert-OH is 1. The van der Waals surface area contributed by atoms with Crippen LogP contribution in [0, 0.1) is 11.8 Å². The van der Waals surface area contributed by atoms with Gasteiger partial charge in [0.2, 0.25) is 5.91 Å². The molecule has 0 spiro atoms. The fraction of sp³-hybridized carbons (Fsp3) is 0.917. The first-order valence-corrected chi connectivity index (χ1v) is 6.38. The van der Waals surface area contributed by atoms with E-state index in [4.69, 9.17) is 5.73 Å². The molecule has 0 heterocycles. The fourth-order valence-corrected chi connectivity index (χ4v) is 2.46. The highest BCUT2D eigenvalue weighted by Gasteiger charge is 2.31. The Labute approximate surface area is 96.6 Å². The summed E-state index contributed by atoms with van der Waals surface area (Å²) in [4.78, 5) is 11.8. The second-order valence-corrected chi connectivity index (χ2v) is 5.27. The average molecular weight is 226 g/mol. The second kappa shape index (κ2) is 5.15. The Balaban J connectivity index is 1.69. The van der Waals surface area contributed by atoms with Crippen molar-refractivity contribution in [2.45, 2.75) is 50.7 Å². The predicted octanol–water partition coefficient (Wildman–Crippen LogP) is 0.391. The highest BCUT2D eigenvalue weighted by molar-refractivity contribution is 5.78. The smallest absolute Gasteiger partial charge is 0.223 e. The standard InChI is InChI=1S/C12H22N2O2/c13-10-3-1-2-9(6-10)12(16)14-7-11(15)8-4-5-8/h8-11,15H,1-7,13H2,(H,14,16). The summed E-state index contributed by atoms with van der Waals surface area (Å²) in [6, 6.07) is 0.179. The van der Waals surface area contributed by atoms with Crippen molar-refractivity contribution in [3.05, 3.63) is 0 Å². The normalized spacial score (nSPS) is 32.1. The quantitative estimate of drug-likeness (QED) is 0.649. The molecule has 0 radical (unpaired) electrons. The Morgan fingerprint density at radius 2 is 2.12 bits per heavy atom. The number of carbonyl (C=O) groups is 1. The van der Waals surface area contributed by atoms with Gasteiger partial charge in [0.25, 0.3) is 0 Å². The van der Waals surface area contributed by atoms with Gasteiger partial charge in [-0.05, 0) is 38.0 Å². The van der Waals surface area contributed by atoms with Gasteiger partial charge in [-0.1, -0.05) is 6.42 Å². The summed E-state index contributed by atoms with van der Waals surface area (Å²) in [6.45, 7) is 0.412. The van der Waals surface area contributed by atoms with Gasteiger partial charge >= 0.3 is 0 Å². The van der Waals surface area contributed by atoms with Crippen LogP contribution in [0.3, 0.4) is 0 Å². The van der Waals surface area contributed by atoms with Gasteiger partial charge in [-0.15, -0.1) is 0 Å². The third kappa shape index (κ3) is 3.19. The van der Waals surface area contributed by atoms with E-state index in [1.165, 1.54) is 0 Å². The van der Waals surface area contributed by atoms with Gasteiger partial charge < -0.3 is 16.2 Å². The van der Waals surface area contributed by atoms with E-state index in [0.29, 0.717) is 12.5 Å². The second-order valence-electron chi connectivity index (χ2n) is 5.27. The van der Waals surface area contributed by atoms with Crippen molar-refractivity contribution >= 4 is 5.91 Å². The van der Waals surface area contributed by atoms with Crippen LogP contribution in [0.2, 0.25) is 0 Å². The van der Waals surface area contributed by atoms with Crippen LogP contribution in [-0.4, -0.2) is 29.7 Å². The van der Waals surface area contributed by atoms with Crippen LogP contribution in [0.25, 0.3) is 0 Å². The van der Waals surface area contributed by atoms with Crippen molar-refractivity contribution in [2.24, 2.45) is 17.6 Å². The first-order chi connectivity index (χ1) is 7.66. The van der Waals surface area contributed by atoms with Crippen molar-refractivity contribution < 1.29 is 9.90 Å². The Morgan fingerprint density at radius 3 is 2.75 bits per heavy atom. The van der Waals surface area contributed by atoms with E-state index in [1.54, 1.807) is 0 Å². The number of hydrogen-bond acceptors (Lipinski definition) is 3. The molecular weight excluding hydrogens is 204 g/mol. The molecule has 2 fully saturated rings. The van der Waals surface area contributed by atoms with E-state index in [0.717, 1.165) is 38.5 Å². The molecule has 2 aliphatic carbocycles. The van der Waals surface area contributed by atoms with Crippen LogP contribution in [0.4, 0.5) is 0 Å². The Bertz CT molecular complexity index is 253. The van der Waals surface area contributed by atoms with Crippen LogP contribution in [0.5, 0.6) is 0 Å². The van der Waals surface area contributed by atoms with Crippen molar-refractivity contribution in [1.29, 1.82) is 0 Å². The highest BCUT2D eigenvalue weighted by atomic mass is 16.3. The van der Waals surface area contributed by atoms with Gasteiger partial charge in [0.05, 0.1) is 6.10 Å². The van der Waals surface area contributed by atoms with E-state index in [2.05, 4.69) is 5.32 Å². The van der Waals surface area contributed by atoms with Crippen LogP contribution < -0.4 is 11.1 Å². The first-order valence-electron chi connectivity index (χ1n) is 6.38. The molecule has 0 bridgehead atoms. The number of hydrogen-bond donors (Lipinski definition) is 3. The molecule has 2 saturated carbocycles. The number of nitrogens with one attached hydrogen (secondary N) is 1. The zero-order valence-corrected chi connectivity index (χ0v) is 9.69. The number of amides is 1. The maximum atomic E-state index is 11.8. The van der Waals surface area contributed by atoms with Gasteiger partial charge in [-0.3, -0.25) is 4.79 Å². The van der Waals surface area contributed by atoms with E-state index in [1.807, 2.05) is 0 Å². The first kappa shape index (κ1) is 11.9. The lowest BCUT2D eigenvalue weighted by atomic mass is 9.85. The van der Waals surface area contributed by atoms with Gasteiger partial charge in [0.1, 0.15) is 0 Å². The van der Waals surface area contributed by atoms with Crippen LogP contribution >= 0.6 is 0 Å². The molecule has 2 rings (SSSR count). The minimum absolute atomic E-state index is 0.0650. The van der Waals surface area contributed by atoms with E-state index in [-0.39, 0.29) is 24.0 Å². The summed E-state index contributed by atoms with van der Waals surface area (Å²) >= 11 is 0. The van der Waals surface area contributed by atoms with Crippen molar-refractivity contribution in [2.75, 3.05) is 6.54 Å². The SMILES string of the molecule is NC1CCCC(C(=O)NCC(O)C2CC2)C1. The number of aliphatic hydroxyl groups is 1. The molecule has 1 amide bonds. The molecule has 0 aromatic carbocycles. The summed E-state index contributed by atoms with van der Waals surface area (Å²) in [5, 5.41) is 12.5. The topological polar surface area (TPSA) is 75.4 Å². The largest absolute Gasteiger partial charge is 0.391 e.